The molecule has 31 heavy (non-hydrogen) atoms. The number of ether oxygens (including phenoxy) is 2. The first-order valence-electron chi connectivity index (χ1n) is 9.06. The van der Waals surface area contributed by atoms with Crippen molar-refractivity contribution in [3.8, 4) is 0 Å². The number of nitrogens with zero attached hydrogens (tertiary/aromatic N) is 1. The minimum Gasteiger partial charge on any atom is -0.445 e. The predicted molar refractivity (Wildman–Crippen MR) is 111 cm³/mol. The summed E-state index contributed by atoms with van der Waals surface area (Å²) in [5, 5.41) is 0.441. The van der Waals surface area contributed by atoms with Gasteiger partial charge < -0.3 is 15.2 Å². The summed E-state index contributed by atoms with van der Waals surface area (Å²) in [6.07, 6.45) is -1.87. The van der Waals surface area contributed by atoms with Gasteiger partial charge in [0.25, 0.3) is 11.8 Å². The first kappa shape index (κ1) is 22.5. The number of hydrogen-bond donors (Lipinski definition) is 1. The molecular weight excluding hydrogens is 444 g/mol. The van der Waals surface area contributed by atoms with Gasteiger partial charge in [-0.1, -0.05) is 50.9 Å². The zero-order valence-electron chi connectivity index (χ0n) is 16.1. The van der Waals surface area contributed by atoms with Crippen LogP contribution in [-0.4, -0.2) is 29.1 Å². The lowest BCUT2D eigenvalue weighted by Gasteiger charge is -2.12. The van der Waals surface area contributed by atoms with Crippen LogP contribution in [0.25, 0.3) is 0 Å². The van der Waals surface area contributed by atoms with Gasteiger partial charge in [0, 0.05) is 22.6 Å². The number of carbonyl (C=O) groups excluding carboxylic acids is 4. The third-order valence-corrected chi connectivity index (χ3v) is 6.41. The van der Waals surface area contributed by atoms with Crippen LogP contribution in [0.15, 0.2) is 58.3 Å². The highest BCUT2D eigenvalue weighted by Gasteiger charge is 2.33. The van der Waals surface area contributed by atoms with Gasteiger partial charge in [0.1, 0.15) is 13.2 Å². The molecule has 0 aliphatic carbocycles. The molecule has 1 fully saturated rings. The Bertz CT molecular complexity index is 948. The first-order valence-corrected chi connectivity index (χ1v) is 11.2. The Morgan fingerprint density at radius 1 is 0.806 bits per heavy atom. The van der Waals surface area contributed by atoms with Crippen LogP contribution >= 0.6 is 21.6 Å². The second-order valence-electron chi connectivity index (χ2n) is 6.27. The maximum atomic E-state index is 11.7. The molecule has 0 atom stereocenters. The summed E-state index contributed by atoms with van der Waals surface area (Å²) in [7, 11) is 3.11. The molecule has 162 valence electrons. The van der Waals surface area contributed by atoms with Gasteiger partial charge in [-0.15, -0.1) is 0 Å². The number of primary amides is 1. The lowest BCUT2D eigenvalue weighted by atomic mass is 10.2. The second-order valence-corrected chi connectivity index (χ2v) is 8.55. The summed E-state index contributed by atoms with van der Waals surface area (Å²) in [5.41, 5.74) is 6.51. The average molecular weight is 463 g/mol. The number of rotatable bonds is 8. The fourth-order valence-electron chi connectivity index (χ4n) is 2.43. The van der Waals surface area contributed by atoms with E-state index in [0.717, 1.165) is 20.9 Å². The van der Waals surface area contributed by atoms with Crippen LogP contribution < -0.4 is 5.73 Å². The number of imide groups is 1. The van der Waals surface area contributed by atoms with E-state index in [1.807, 2.05) is 36.4 Å². The maximum absolute atomic E-state index is 11.7. The van der Waals surface area contributed by atoms with E-state index in [1.165, 1.54) is 0 Å². The van der Waals surface area contributed by atoms with E-state index in [4.69, 9.17) is 15.2 Å². The smallest absolute Gasteiger partial charge is 0.445 e. The number of carbonyl (C=O) groups is 4. The van der Waals surface area contributed by atoms with Crippen molar-refractivity contribution in [1.29, 1.82) is 0 Å². The molecule has 3 rings (SSSR count). The van der Waals surface area contributed by atoms with Crippen molar-refractivity contribution in [3.05, 3.63) is 59.7 Å². The van der Waals surface area contributed by atoms with Crippen LogP contribution in [0.4, 0.5) is 9.59 Å². The lowest BCUT2D eigenvalue weighted by molar-refractivity contribution is -0.177. The van der Waals surface area contributed by atoms with E-state index in [0.29, 0.717) is 5.06 Å². The third kappa shape index (κ3) is 6.93. The molecule has 1 heterocycles. The molecular formula is C20H18N2O7S2. The molecule has 0 spiro atoms. The van der Waals surface area contributed by atoms with Crippen molar-refractivity contribution in [3.63, 3.8) is 0 Å². The predicted octanol–water partition coefficient (Wildman–Crippen LogP) is 3.80. The highest BCUT2D eigenvalue weighted by atomic mass is 33.1. The third-order valence-electron chi connectivity index (χ3n) is 3.99. The Hall–Kier alpha value is -3.18. The molecule has 0 bridgehead atoms. The molecule has 2 N–H and O–H groups in total. The quantitative estimate of drug-likeness (QED) is 0.354. The molecule has 0 unspecified atom stereocenters. The van der Waals surface area contributed by atoms with Crippen LogP contribution in [0.5, 0.6) is 0 Å². The first-order chi connectivity index (χ1) is 14.9. The minimum absolute atomic E-state index is 0.0249. The Morgan fingerprint density at radius 2 is 1.26 bits per heavy atom. The van der Waals surface area contributed by atoms with Crippen molar-refractivity contribution >= 4 is 45.7 Å². The van der Waals surface area contributed by atoms with Gasteiger partial charge in [-0.25, -0.2) is 9.59 Å². The normalized spacial score (nSPS) is 13.2. The van der Waals surface area contributed by atoms with Crippen molar-refractivity contribution in [2.75, 3.05) is 0 Å². The molecule has 2 aromatic carbocycles. The summed E-state index contributed by atoms with van der Waals surface area (Å²) in [4.78, 5) is 51.8. The van der Waals surface area contributed by atoms with Gasteiger partial charge in [-0.05, 0) is 35.4 Å². The number of hydrogen-bond acceptors (Lipinski definition) is 9. The lowest BCUT2D eigenvalue weighted by Crippen LogP contribution is -2.32. The van der Waals surface area contributed by atoms with Gasteiger partial charge in [0.15, 0.2) is 0 Å². The molecule has 2 aromatic rings. The average Bonchev–Trinajstić information content (AvgIpc) is 3.08. The van der Waals surface area contributed by atoms with Crippen molar-refractivity contribution in [1.82, 2.24) is 5.06 Å². The topological polar surface area (TPSA) is 125 Å². The zero-order valence-corrected chi connectivity index (χ0v) is 17.8. The fraction of sp³-hybridized carbons (Fsp3) is 0.200. The van der Waals surface area contributed by atoms with Crippen LogP contribution in [0.1, 0.15) is 24.0 Å². The Balaban J connectivity index is 1.41. The Kier molecular flexibility index (Phi) is 7.79. The molecule has 1 saturated heterocycles. The molecule has 0 radical (unpaired) electrons. The summed E-state index contributed by atoms with van der Waals surface area (Å²) in [6.45, 7) is 0.0805. The molecule has 3 amide bonds. The van der Waals surface area contributed by atoms with E-state index in [2.05, 4.69) is 4.84 Å². The van der Waals surface area contributed by atoms with Crippen LogP contribution in [0.2, 0.25) is 0 Å². The zero-order chi connectivity index (χ0) is 22.2. The number of benzene rings is 2. The molecule has 11 heteroatoms. The Labute approximate surface area is 185 Å². The largest absolute Gasteiger partial charge is 0.534 e. The highest BCUT2D eigenvalue weighted by molar-refractivity contribution is 8.76. The summed E-state index contributed by atoms with van der Waals surface area (Å²) >= 11 is 0. The SMILES string of the molecule is NC(=O)OCc1ccc(SSc2ccc(COC(=O)ON3C(=O)CCC3=O)cc2)cc1. The van der Waals surface area contributed by atoms with Crippen LogP contribution in [0, 0.1) is 0 Å². The van der Waals surface area contributed by atoms with E-state index in [9.17, 15) is 19.2 Å². The standard InChI is InChI=1S/C20H18N2O7S2/c21-19(25)27-11-13-1-5-15(6-2-13)30-31-16-7-3-14(4-8-16)12-28-20(26)29-22-17(23)9-10-18(22)24/h1-8H,9-12H2,(H2,21,25). The summed E-state index contributed by atoms with van der Waals surface area (Å²) in [6, 6.07) is 14.9. The molecule has 1 aliphatic rings. The summed E-state index contributed by atoms with van der Waals surface area (Å²) in [5.74, 6) is -1.12. The van der Waals surface area contributed by atoms with Gasteiger partial charge in [0.2, 0.25) is 0 Å². The monoisotopic (exact) mass is 462 g/mol. The van der Waals surface area contributed by atoms with Crippen molar-refractivity contribution < 1.29 is 33.5 Å². The molecule has 1 aliphatic heterocycles. The van der Waals surface area contributed by atoms with E-state index < -0.39 is 24.1 Å². The minimum atomic E-state index is -1.11. The van der Waals surface area contributed by atoms with Crippen LogP contribution in [0.3, 0.4) is 0 Å². The second kappa shape index (κ2) is 10.7. The fourth-order valence-corrected chi connectivity index (χ4v) is 4.37. The van der Waals surface area contributed by atoms with Crippen molar-refractivity contribution in [2.45, 2.75) is 35.8 Å². The Morgan fingerprint density at radius 3 is 1.71 bits per heavy atom. The molecule has 0 aromatic heterocycles. The van der Waals surface area contributed by atoms with Gasteiger partial charge in [0.05, 0.1) is 0 Å². The van der Waals surface area contributed by atoms with Gasteiger partial charge >= 0.3 is 12.2 Å². The van der Waals surface area contributed by atoms with Crippen molar-refractivity contribution in [2.24, 2.45) is 5.73 Å². The number of amides is 3. The van der Waals surface area contributed by atoms with E-state index in [-0.39, 0.29) is 26.1 Å². The molecule has 9 nitrogen and oxygen atoms in total. The maximum Gasteiger partial charge on any atom is 0.534 e. The van der Waals surface area contributed by atoms with Crippen LogP contribution in [-0.2, 0) is 37.1 Å². The van der Waals surface area contributed by atoms with E-state index >= 15 is 0 Å². The number of nitrogens with two attached hydrogens (primary N) is 1. The molecule has 0 saturated carbocycles. The van der Waals surface area contributed by atoms with Gasteiger partial charge in [-0.2, -0.15) is 0 Å². The van der Waals surface area contributed by atoms with E-state index in [1.54, 1.807) is 33.7 Å². The highest BCUT2D eigenvalue weighted by Crippen LogP contribution is 2.37. The number of hydroxylamine groups is 2. The van der Waals surface area contributed by atoms with Gasteiger partial charge in [-0.3, -0.25) is 14.4 Å². The summed E-state index contributed by atoms with van der Waals surface area (Å²) < 4.78 is 9.68.